The fraction of sp³-hybridized carbons (Fsp3) is 0.423. The number of amides is 3. The van der Waals surface area contributed by atoms with Crippen molar-refractivity contribution in [3.63, 3.8) is 0 Å². The molecule has 2 atom stereocenters. The van der Waals surface area contributed by atoms with Crippen molar-refractivity contribution in [2.45, 2.75) is 70.0 Å². The van der Waals surface area contributed by atoms with E-state index in [2.05, 4.69) is 5.32 Å². The maximum atomic E-state index is 13.4. The van der Waals surface area contributed by atoms with E-state index in [-0.39, 0.29) is 54.2 Å². The minimum Gasteiger partial charge on any atom is -0.352 e. The molecule has 2 aromatic carbocycles. The highest BCUT2D eigenvalue weighted by Gasteiger charge is 2.40. The first kappa shape index (κ1) is 27.3. The molecule has 1 heterocycles. The van der Waals surface area contributed by atoms with E-state index >= 15 is 0 Å². The van der Waals surface area contributed by atoms with Crippen molar-refractivity contribution in [1.82, 2.24) is 14.5 Å². The van der Waals surface area contributed by atoms with Crippen LogP contribution in [0.3, 0.4) is 0 Å². The Labute approximate surface area is 211 Å². The van der Waals surface area contributed by atoms with Gasteiger partial charge in [0.15, 0.2) is 0 Å². The van der Waals surface area contributed by atoms with Crippen LogP contribution in [0.5, 0.6) is 0 Å². The van der Waals surface area contributed by atoms with Crippen molar-refractivity contribution < 1.29 is 27.2 Å². The smallest absolute Gasteiger partial charge is 0.269 e. The van der Waals surface area contributed by atoms with Gasteiger partial charge in [0.1, 0.15) is 16.8 Å². The predicted molar refractivity (Wildman–Crippen MR) is 133 cm³/mol. The second kappa shape index (κ2) is 11.6. The molecule has 0 aliphatic carbocycles. The average molecular weight is 518 g/mol. The van der Waals surface area contributed by atoms with Crippen LogP contribution in [0.25, 0.3) is 0 Å². The van der Waals surface area contributed by atoms with Gasteiger partial charge in [-0.25, -0.2) is 17.1 Å². The van der Waals surface area contributed by atoms with Crippen LogP contribution in [-0.4, -0.2) is 54.0 Å². The average Bonchev–Trinajstić information content (AvgIpc) is 3.05. The molecule has 194 valence electrons. The SMILES string of the molecule is CC[C@@H](C)NC(=O)[C@H](CC)N(Cc1ccc(F)cc1)C(=O)CCCN1C(=O)c2ccccc2S1(=O)=O. The number of carbonyl (C=O) groups excluding carboxylic acids is 3. The molecule has 2 aromatic rings. The van der Waals surface area contributed by atoms with Gasteiger partial charge in [0.25, 0.3) is 15.9 Å². The van der Waals surface area contributed by atoms with Gasteiger partial charge in [-0.15, -0.1) is 0 Å². The first-order valence-electron chi connectivity index (χ1n) is 12.1. The molecule has 1 aliphatic rings. The Morgan fingerprint density at radius 3 is 2.33 bits per heavy atom. The second-order valence-electron chi connectivity index (χ2n) is 8.87. The van der Waals surface area contributed by atoms with Crippen LogP contribution in [-0.2, 0) is 26.2 Å². The summed E-state index contributed by atoms with van der Waals surface area (Å²) in [4.78, 5) is 40.3. The van der Waals surface area contributed by atoms with Crippen LogP contribution in [0.4, 0.5) is 4.39 Å². The monoisotopic (exact) mass is 517 g/mol. The zero-order chi connectivity index (χ0) is 26.5. The van der Waals surface area contributed by atoms with Crippen molar-refractivity contribution in [3.8, 4) is 0 Å². The van der Waals surface area contributed by atoms with E-state index < -0.39 is 27.8 Å². The van der Waals surface area contributed by atoms with Crippen LogP contribution in [0.1, 0.15) is 62.4 Å². The van der Waals surface area contributed by atoms with Gasteiger partial charge in [-0.1, -0.05) is 38.1 Å². The summed E-state index contributed by atoms with van der Waals surface area (Å²) in [6.45, 7) is 5.57. The van der Waals surface area contributed by atoms with Gasteiger partial charge in [-0.2, -0.15) is 0 Å². The van der Waals surface area contributed by atoms with Crippen molar-refractivity contribution >= 4 is 27.7 Å². The lowest BCUT2D eigenvalue weighted by Crippen LogP contribution is -2.50. The third-order valence-electron chi connectivity index (χ3n) is 6.32. The summed E-state index contributed by atoms with van der Waals surface area (Å²) >= 11 is 0. The molecule has 1 N–H and O–H groups in total. The number of fused-ring (bicyclic) bond motifs is 1. The Bertz CT molecular complexity index is 1220. The molecule has 0 radical (unpaired) electrons. The summed E-state index contributed by atoms with van der Waals surface area (Å²) in [6.07, 6.45) is 1.13. The van der Waals surface area contributed by atoms with Crippen molar-refractivity contribution in [1.29, 1.82) is 0 Å². The van der Waals surface area contributed by atoms with E-state index in [4.69, 9.17) is 0 Å². The van der Waals surface area contributed by atoms with E-state index in [9.17, 15) is 27.2 Å². The lowest BCUT2D eigenvalue weighted by Gasteiger charge is -2.31. The first-order valence-corrected chi connectivity index (χ1v) is 13.5. The largest absolute Gasteiger partial charge is 0.352 e. The topological polar surface area (TPSA) is 104 Å². The molecule has 0 saturated heterocycles. The summed E-state index contributed by atoms with van der Waals surface area (Å²) in [5.74, 6) is -1.65. The molecule has 0 saturated carbocycles. The van der Waals surface area contributed by atoms with Crippen LogP contribution in [0.15, 0.2) is 53.4 Å². The summed E-state index contributed by atoms with van der Waals surface area (Å²) in [6, 6.07) is 10.9. The van der Waals surface area contributed by atoms with E-state index in [0.717, 1.165) is 10.7 Å². The third kappa shape index (κ3) is 5.92. The van der Waals surface area contributed by atoms with Gasteiger partial charge in [0.2, 0.25) is 11.8 Å². The zero-order valence-corrected chi connectivity index (χ0v) is 21.6. The Hall–Kier alpha value is -3.27. The number of halogens is 1. The van der Waals surface area contributed by atoms with Gasteiger partial charge in [0, 0.05) is 25.6 Å². The number of carbonyl (C=O) groups is 3. The molecule has 3 rings (SSSR count). The van der Waals surface area contributed by atoms with Gasteiger partial charge >= 0.3 is 0 Å². The Kier molecular flexibility index (Phi) is 8.84. The van der Waals surface area contributed by atoms with E-state index in [1.165, 1.54) is 29.2 Å². The van der Waals surface area contributed by atoms with Crippen LogP contribution in [0, 0.1) is 5.82 Å². The summed E-state index contributed by atoms with van der Waals surface area (Å²) in [5.41, 5.74) is 0.779. The molecule has 1 aliphatic heterocycles. The van der Waals surface area contributed by atoms with Gasteiger partial charge in [0.05, 0.1) is 5.56 Å². The van der Waals surface area contributed by atoms with E-state index in [1.54, 1.807) is 31.2 Å². The van der Waals surface area contributed by atoms with Crippen molar-refractivity contribution in [2.75, 3.05) is 6.54 Å². The molecule has 0 spiro atoms. The summed E-state index contributed by atoms with van der Waals surface area (Å²) in [5, 5.41) is 2.91. The van der Waals surface area contributed by atoms with Crippen LogP contribution in [0.2, 0.25) is 0 Å². The molecule has 36 heavy (non-hydrogen) atoms. The number of nitrogens with one attached hydrogen (secondary N) is 1. The predicted octanol–water partition coefficient (Wildman–Crippen LogP) is 3.47. The molecular weight excluding hydrogens is 485 g/mol. The van der Waals surface area contributed by atoms with Gasteiger partial charge in [-0.05, 0) is 56.0 Å². The number of rotatable bonds is 11. The Balaban J connectivity index is 1.74. The molecule has 0 fully saturated rings. The number of benzene rings is 2. The van der Waals surface area contributed by atoms with Crippen LogP contribution < -0.4 is 5.32 Å². The fourth-order valence-electron chi connectivity index (χ4n) is 4.12. The second-order valence-corrected chi connectivity index (χ2v) is 10.7. The van der Waals surface area contributed by atoms with Crippen molar-refractivity contribution in [2.24, 2.45) is 0 Å². The first-order chi connectivity index (χ1) is 17.1. The standard InChI is InChI=1S/C26H32FN3O5S/c1-4-18(3)28-25(32)22(5-2)29(17-19-12-14-20(27)15-13-19)24(31)11-8-16-30-26(33)21-9-6-7-10-23(21)36(30,34)35/h6-7,9-10,12-15,18,22H,4-5,8,11,16-17H2,1-3H3,(H,28,32)/t18-,22+/m1/s1. The molecule has 8 nitrogen and oxygen atoms in total. The van der Waals surface area contributed by atoms with Gasteiger partial charge in [-0.3, -0.25) is 14.4 Å². The number of hydrogen-bond acceptors (Lipinski definition) is 5. The number of hydrogen-bond donors (Lipinski definition) is 1. The molecule has 10 heteroatoms. The van der Waals surface area contributed by atoms with Crippen LogP contribution >= 0.6 is 0 Å². The Morgan fingerprint density at radius 1 is 1.06 bits per heavy atom. The highest BCUT2D eigenvalue weighted by atomic mass is 32.2. The molecule has 0 bridgehead atoms. The molecular formula is C26H32FN3O5S. The normalized spacial score (nSPS) is 15.8. The zero-order valence-electron chi connectivity index (χ0n) is 20.7. The molecule has 0 unspecified atom stereocenters. The maximum absolute atomic E-state index is 13.4. The van der Waals surface area contributed by atoms with Gasteiger partial charge < -0.3 is 10.2 Å². The van der Waals surface area contributed by atoms with E-state index in [1.807, 2.05) is 13.8 Å². The van der Waals surface area contributed by atoms with E-state index in [0.29, 0.717) is 12.0 Å². The third-order valence-corrected chi connectivity index (χ3v) is 8.16. The highest BCUT2D eigenvalue weighted by Crippen LogP contribution is 2.30. The molecule has 3 amide bonds. The lowest BCUT2D eigenvalue weighted by molar-refractivity contribution is -0.141. The number of nitrogens with zero attached hydrogens (tertiary/aromatic N) is 2. The quantitative estimate of drug-likeness (QED) is 0.492. The minimum absolute atomic E-state index is 0.0352. The highest BCUT2D eigenvalue weighted by molar-refractivity contribution is 7.90. The molecule has 0 aromatic heterocycles. The summed E-state index contributed by atoms with van der Waals surface area (Å²) in [7, 11) is -3.96. The maximum Gasteiger partial charge on any atom is 0.269 e. The number of sulfonamides is 1. The lowest BCUT2D eigenvalue weighted by atomic mass is 10.1. The minimum atomic E-state index is -3.96. The fourth-order valence-corrected chi connectivity index (χ4v) is 5.72. The van der Waals surface area contributed by atoms with Crippen molar-refractivity contribution in [3.05, 3.63) is 65.5 Å². The Morgan fingerprint density at radius 2 is 1.72 bits per heavy atom. The summed E-state index contributed by atoms with van der Waals surface area (Å²) < 4.78 is 39.7.